The van der Waals surface area contributed by atoms with Gasteiger partial charge in [-0.05, 0) is 48.9 Å². The minimum atomic E-state index is -1.14. The molecule has 4 aromatic carbocycles. The molecule has 4 atom stereocenters. The minimum absolute atomic E-state index is 0.0401. The summed E-state index contributed by atoms with van der Waals surface area (Å²) >= 11 is 0. The smallest absolute Gasteiger partial charge is 0.267 e. The van der Waals surface area contributed by atoms with Gasteiger partial charge in [-0.3, -0.25) is 14.4 Å². The Morgan fingerprint density at radius 1 is 0.894 bits per heavy atom. The Morgan fingerprint density at radius 3 is 2.15 bits per heavy atom. The molecule has 0 aliphatic carbocycles. The van der Waals surface area contributed by atoms with Gasteiger partial charge in [0.15, 0.2) is 5.60 Å². The molecule has 3 amide bonds. The van der Waals surface area contributed by atoms with Crippen molar-refractivity contribution in [3.63, 3.8) is 0 Å². The van der Waals surface area contributed by atoms with Crippen molar-refractivity contribution in [2.45, 2.75) is 37.3 Å². The largest absolute Gasteiger partial charge is 0.497 e. The van der Waals surface area contributed by atoms with Gasteiger partial charge in [0.05, 0.1) is 31.8 Å². The molecule has 0 radical (unpaired) electrons. The van der Waals surface area contributed by atoms with Gasteiger partial charge in [0.1, 0.15) is 23.4 Å². The van der Waals surface area contributed by atoms with Crippen molar-refractivity contribution in [3.05, 3.63) is 137 Å². The predicted molar refractivity (Wildman–Crippen MR) is 171 cm³/mol. The number of benzene rings is 4. The van der Waals surface area contributed by atoms with Gasteiger partial charge in [-0.25, -0.2) is 4.90 Å². The molecule has 0 bridgehead atoms. The van der Waals surface area contributed by atoms with E-state index in [9.17, 15) is 19.5 Å². The summed E-state index contributed by atoms with van der Waals surface area (Å²) in [6, 6.07) is 31.1. The molecule has 1 fully saturated rings. The van der Waals surface area contributed by atoms with Crippen LogP contribution >= 0.6 is 0 Å². The van der Waals surface area contributed by atoms with E-state index in [1.54, 1.807) is 44.4 Å². The van der Waals surface area contributed by atoms with Crippen LogP contribution in [0.3, 0.4) is 0 Å². The second-order valence-corrected chi connectivity index (χ2v) is 11.9. The standard InChI is InChI=1S/C38H33NO8/c1-23-20-27(37(43)39(35(23)41)36(42)24-10-4-3-5-11-24)33-21-30(40)34(47-33)22-45-38(25-16-18-26(44-2)19-17-25)28-12-6-8-14-31(28)46-32-15-9-7-13-29(32)38/h3-20,27,30,33-34,40H,21-22H2,1-2H3/t27?,30-,33+,34+/m0/s1. The Morgan fingerprint density at radius 2 is 1.51 bits per heavy atom. The molecule has 1 saturated heterocycles. The fourth-order valence-electron chi connectivity index (χ4n) is 6.69. The lowest BCUT2D eigenvalue weighted by atomic mass is 9.77. The van der Waals surface area contributed by atoms with Gasteiger partial charge < -0.3 is 24.1 Å². The van der Waals surface area contributed by atoms with Crippen LogP contribution in [0.25, 0.3) is 0 Å². The number of carbonyl (C=O) groups excluding carboxylic acids is 3. The molecule has 7 rings (SSSR count). The Hall–Kier alpha value is -5.09. The number of methoxy groups -OCH3 is 1. The molecule has 3 aliphatic heterocycles. The molecule has 3 aliphatic rings. The summed E-state index contributed by atoms with van der Waals surface area (Å²) < 4.78 is 25.0. The highest BCUT2D eigenvalue weighted by Crippen LogP contribution is 2.52. The Labute approximate surface area is 271 Å². The van der Waals surface area contributed by atoms with Crippen molar-refractivity contribution >= 4 is 17.7 Å². The number of imide groups is 3. The van der Waals surface area contributed by atoms with Crippen LogP contribution in [-0.2, 0) is 24.7 Å². The molecular formula is C38H33NO8. The fraction of sp³-hybridized carbons (Fsp3) is 0.237. The molecule has 9 nitrogen and oxygen atoms in total. The van der Waals surface area contributed by atoms with Crippen LogP contribution in [0.2, 0.25) is 0 Å². The van der Waals surface area contributed by atoms with E-state index in [0.717, 1.165) is 16.7 Å². The summed E-state index contributed by atoms with van der Waals surface area (Å²) in [5.41, 5.74) is 1.72. The lowest BCUT2D eigenvalue weighted by Gasteiger charge is -2.41. The maximum Gasteiger partial charge on any atom is 0.267 e. The van der Waals surface area contributed by atoms with Gasteiger partial charge in [0.2, 0.25) is 5.91 Å². The van der Waals surface area contributed by atoms with E-state index < -0.39 is 47.6 Å². The average Bonchev–Trinajstić information content (AvgIpc) is 3.48. The summed E-state index contributed by atoms with van der Waals surface area (Å²) in [4.78, 5) is 40.7. The minimum Gasteiger partial charge on any atom is -0.497 e. The topological polar surface area (TPSA) is 112 Å². The number of ether oxygens (including phenoxy) is 4. The maximum absolute atomic E-state index is 13.7. The van der Waals surface area contributed by atoms with Crippen LogP contribution in [0.5, 0.6) is 17.2 Å². The second kappa shape index (κ2) is 12.3. The predicted octanol–water partition coefficient (Wildman–Crippen LogP) is 5.40. The van der Waals surface area contributed by atoms with Gasteiger partial charge >= 0.3 is 0 Å². The highest BCUT2D eigenvalue weighted by Gasteiger charge is 2.49. The molecule has 0 spiro atoms. The SMILES string of the molecule is COc1ccc(C2(OC[C@H]3O[C@@H](C4C=C(C)C(=O)N(C(=O)c5ccccc5)C4=O)C[C@@H]3O)c3ccccc3Oc3ccccc32)cc1. The molecule has 9 heteroatoms. The number of hydrogen-bond acceptors (Lipinski definition) is 8. The van der Waals surface area contributed by atoms with Gasteiger partial charge in [-0.2, -0.15) is 0 Å². The second-order valence-electron chi connectivity index (χ2n) is 11.9. The molecule has 1 N–H and O–H groups in total. The Kier molecular flexibility index (Phi) is 7.97. The van der Waals surface area contributed by atoms with Gasteiger partial charge in [0.25, 0.3) is 11.8 Å². The van der Waals surface area contributed by atoms with Gasteiger partial charge in [-0.15, -0.1) is 0 Å². The normalized spacial score (nSPS) is 23.0. The van der Waals surface area contributed by atoms with E-state index in [4.69, 9.17) is 18.9 Å². The Bertz CT molecular complexity index is 1820. The molecule has 47 heavy (non-hydrogen) atoms. The number of para-hydroxylation sites is 2. The van der Waals surface area contributed by atoms with Crippen LogP contribution in [0, 0.1) is 5.92 Å². The van der Waals surface area contributed by atoms with Crippen LogP contribution in [0.4, 0.5) is 0 Å². The lowest BCUT2D eigenvalue weighted by Crippen LogP contribution is -2.50. The van der Waals surface area contributed by atoms with E-state index in [0.29, 0.717) is 22.1 Å². The molecule has 3 heterocycles. The summed E-state index contributed by atoms with van der Waals surface area (Å²) in [5.74, 6) is -1.04. The van der Waals surface area contributed by atoms with Crippen molar-refractivity contribution in [2.75, 3.05) is 13.7 Å². The molecule has 0 saturated carbocycles. The zero-order valence-electron chi connectivity index (χ0n) is 25.9. The number of hydrogen-bond donors (Lipinski definition) is 1. The van der Waals surface area contributed by atoms with Gasteiger partial charge in [0, 0.05) is 28.7 Å². The fourth-order valence-corrected chi connectivity index (χ4v) is 6.69. The zero-order chi connectivity index (χ0) is 32.7. The summed E-state index contributed by atoms with van der Waals surface area (Å²) in [6.45, 7) is 1.53. The van der Waals surface area contributed by atoms with Crippen LogP contribution in [0.1, 0.15) is 40.4 Å². The summed E-state index contributed by atoms with van der Waals surface area (Å²) in [5, 5.41) is 11.3. The van der Waals surface area contributed by atoms with Crippen molar-refractivity contribution in [2.24, 2.45) is 5.92 Å². The lowest BCUT2D eigenvalue weighted by molar-refractivity contribution is -0.146. The molecule has 238 valence electrons. The maximum atomic E-state index is 13.7. The third-order valence-corrected chi connectivity index (χ3v) is 9.07. The monoisotopic (exact) mass is 631 g/mol. The molecular weight excluding hydrogens is 598 g/mol. The first-order chi connectivity index (χ1) is 22.8. The quantitative estimate of drug-likeness (QED) is 0.270. The number of carbonyl (C=O) groups is 3. The van der Waals surface area contributed by atoms with E-state index in [-0.39, 0.29) is 24.2 Å². The number of rotatable bonds is 7. The first-order valence-corrected chi connectivity index (χ1v) is 15.5. The third-order valence-electron chi connectivity index (χ3n) is 9.07. The van der Waals surface area contributed by atoms with Crippen LogP contribution in [-0.4, -0.2) is 59.8 Å². The van der Waals surface area contributed by atoms with E-state index in [1.807, 2.05) is 72.8 Å². The Balaban J connectivity index is 1.19. The number of aliphatic hydroxyl groups is 1. The highest BCUT2D eigenvalue weighted by molar-refractivity contribution is 6.22. The van der Waals surface area contributed by atoms with Crippen molar-refractivity contribution in [1.82, 2.24) is 4.90 Å². The zero-order valence-corrected chi connectivity index (χ0v) is 25.9. The number of aliphatic hydroxyl groups excluding tert-OH is 1. The molecule has 1 unspecified atom stereocenters. The van der Waals surface area contributed by atoms with E-state index in [1.165, 1.54) is 6.08 Å². The average molecular weight is 632 g/mol. The van der Waals surface area contributed by atoms with Crippen LogP contribution < -0.4 is 9.47 Å². The van der Waals surface area contributed by atoms with Crippen molar-refractivity contribution in [1.29, 1.82) is 0 Å². The summed E-state index contributed by atoms with van der Waals surface area (Å²) in [7, 11) is 1.61. The summed E-state index contributed by atoms with van der Waals surface area (Å²) in [6.07, 6.45) is -0.928. The highest BCUT2D eigenvalue weighted by atomic mass is 16.6. The third kappa shape index (κ3) is 5.22. The van der Waals surface area contributed by atoms with E-state index in [2.05, 4.69) is 0 Å². The van der Waals surface area contributed by atoms with Crippen molar-refractivity contribution in [3.8, 4) is 17.2 Å². The number of amides is 3. The first kappa shape index (κ1) is 30.6. The van der Waals surface area contributed by atoms with Crippen molar-refractivity contribution < 1.29 is 38.4 Å². The van der Waals surface area contributed by atoms with Gasteiger partial charge in [-0.1, -0.05) is 72.8 Å². The molecule has 4 aromatic rings. The number of nitrogens with zero attached hydrogens (tertiary/aromatic N) is 1. The first-order valence-electron chi connectivity index (χ1n) is 15.5. The number of fused-ring (bicyclic) bond motifs is 2. The molecule has 0 aromatic heterocycles. The van der Waals surface area contributed by atoms with Crippen LogP contribution in [0.15, 0.2) is 115 Å². The van der Waals surface area contributed by atoms with E-state index >= 15 is 0 Å².